The highest BCUT2D eigenvalue weighted by Crippen LogP contribution is 2.36. The summed E-state index contributed by atoms with van der Waals surface area (Å²) in [6.07, 6.45) is 0. The molecule has 0 atom stereocenters. The summed E-state index contributed by atoms with van der Waals surface area (Å²) in [6, 6.07) is 34.0. The first kappa shape index (κ1) is 26.4. The van der Waals surface area contributed by atoms with Gasteiger partial charge in [0.25, 0.3) is 0 Å². The predicted octanol–water partition coefficient (Wildman–Crippen LogP) is 8.39. The molecule has 0 amide bonds. The van der Waals surface area contributed by atoms with Crippen molar-refractivity contribution in [1.29, 1.82) is 0 Å². The molecule has 36 heavy (non-hydrogen) atoms. The SMILES string of the molecule is Cc1ccc(-c2ccc(B3OC(C)(C)C(C)(C)O3)cc2)cc1.Cc1ccc(-c2ccc(Br)cc2)cc1. The van der Waals surface area contributed by atoms with Gasteiger partial charge in [-0.3, -0.25) is 0 Å². The molecule has 0 bridgehead atoms. The fourth-order valence-electron chi connectivity index (χ4n) is 3.95. The third kappa shape index (κ3) is 6.18. The van der Waals surface area contributed by atoms with E-state index in [1.165, 1.54) is 33.4 Å². The zero-order valence-electron chi connectivity index (χ0n) is 22.0. The topological polar surface area (TPSA) is 18.5 Å². The maximum atomic E-state index is 6.09. The van der Waals surface area contributed by atoms with Gasteiger partial charge in [-0.2, -0.15) is 0 Å². The molecule has 4 heteroatoms. The highest BCUT2D eigenvalue weighted by molar-refractivity contribution is 9.10. The molecule has 4 aromatic carbocycles. The van der Waals surface area contributed by atoms with E-state index in [0.29, 0.717) is 0 Å². The highest BCUT2D eigenvalue weighted by Gasteiger charge is 2.51. The van der Waals surface area contributed by atoms with Crippen LogP contribution in [0.2, 0.25) is 0 Å². The Hall–Kier alpha value is -2.66. The lowest BCUT2D eigenvalue weighted by molar-refractivity contribution is 0.00578. The predicted molar refractivity (Wildman–Crippen MR) is 157 cm³/mol. The van der Waals surface area contributed by atoms with E-state index in [0.717, 1.165) is 9.94 Å². The standard InChI is InChI=1S/C19H23BO2.C13H11Br/c1-14-6-8-15(9-7-14)16-10-12-17(13-11-16)20-21-18(2,3)19(4,5)22-20;1-10-2-4-11(5-3-10)12-6-8-13(14)9-7-12/h6-13H,1-5H3;2-9H,1H3. The number of hydrogen-bond donors (Lipinski definition) is 0. The molecule has 0 saturated carbocycles. The minimum absolute atomic E-state index is 0.294. The van der Waals surface area contributed by atoms with Crippen molar-refractivity contribution in [3.8, 4) is 22.3 Å². The Morgan fingerprint density at radius 1 is 0.500 bits per heavy atom. The normalized spacial score (nSPS) is 15.8. The minimum Gasteiger partial charge on any atom is -0.399 e. The summed E-state index contributed by atoms with van der Waals surface area (Å²) < 4.78 is 13.3. The van der Waals surface area contributed by atoms with Crippen LogP contribution in [0.5, 0.6) is 0 Å². The van der Waals surface area contributed by atoms with Gasteiger partial charge in [0, 0.05) is 4.47 Å². The lowest BCUT2D eigenvalue weighted by Gasteiger charge is -2.32. The molecule has 184 valence electrons. The van der Waals surface area contributed by atoms with E-state index >= 15 is 0 Å². The van der Waals surface area contributed by atoms with Crippen LogP contribution in [0.4, 0.5) is 0 Å². The molecule has 1 heterocycles. The summed E-state index contributed by atoms with van der Waals surface area (Å²) in [5.41, 5.74) is 8.00. The third-order valence-corrected chi connectivity index (χ3v) is 7.58. The van der Waals surface area contributed by atoms with Gasteiger partial charge in [0.15, 0.2) is 0 Å². The number of rotatable bonds is 3. The molecule has 0 radical (unpaired) electrons. The number of aryl methyl sites for hydroxylation is 2. The molecule has 0 N–H and O–H groups in total. The van der Waals surface area contributed by atoms with Crippen LogP contribution >= 0.6 is 15.9 Å². The molecule has 1 saturated heterocycles. The fourth-order valence-corrected chi connectivity index (χ4v) is 4.21. The van der Waals surface area contributed by atoms with Gasteiger partial charge in [-0.1, -0.05) is 112 Å². The van der Waals surface area contributed by atoms with Crippen molar-refractivity contribution in [3.05, 3.63) is 113 Å². The van der Waals surface area contributed by atoms with Gasteiger partial charge >= 0.3 is 7.12 Å². The second-order valence-corrected chi connectivity index (χ2v) is 11.4. The fraction of sp³-hybridized carbons (Fsp3) is 0.250. The highest BCUT2D eigenvalue weighted by atomic mass is 79.9. The number of halogens is 1. The van der Waals surface area contributed by atoms with E-state index < -0.39 is 0 Å². The molecule has 0 aromatic heterocycles. The van der Waals surface area contributed by atoms with Crippen molar-refractivity contribution in [2.45, 2.75) is 52.7 Å². The molecule has 4 aromatic rings. The van der Waals surface area contributed by atoms with E-state index in [9.17, 15) is 0 Å². The molecule has 0 spiro atoms. The summed E-state index contributed by atoms with van der Waals surface area (Å²) in [5.74, 6) is 0. The van der Waals surface area contributed by atoms with Gasteiger partial charge in [-0.05, 0) is 81.4 Å². The Bertz CT molecular complexity index is 1220. The number of benzene rings is 4. The van der Waals surface area contributed by atoms with Crippen LogP contribution in [0.1, 0.15) is 38.8 Å². The zero-order valence-corrected chi connectivity index (χ0v) is 23.6. The Morgan fingerprint density at radius 2 is 0.806 bits per heavy atom. The van der Waals surface area contributed by atoms with Gasteiger partial charge < -0.3 is 9.31 Å². The smallest absolute Gasteiger partial charge is 0.399 e. The van der Waals surface area contributed by atoms with Crippen molar-refractivity contribution in [1.82, 2.24) is 0 Å². The van der Waals surface area contributed by atoms with Crippen molar-refractivity contribution in [2.24, 2.45) is 0 Å². The van der Waals surface area contributed by atoms with Gasteiger partial charge in [0.2, 0.25) is 0 Å². The van der Waals surface area contributed by atoms with E-state index in [-0.39, 0.29) is 18.3 Å². The van der Waals surface area contributed by atoms with E-state index in [1.807, 2.05) is 0 Å². The second kappa shape index (κ2) is 10.8. The quantitative estimate of drug-likeness (QED) is 0.243. The lowest BCUT2D eigenvalue weighted by atomic mass is 9.78. The van der Waals surface area contributed by atoms with Crippen molar-refractivity contribution >= 4 is 28.5 Å². The first-order chi connectivity index (χ1) is 17.0. The Morgan fingerprint density at radius 3 is 1.17 bits per heavy atom. The van der Waals surface area contributed by atoms with Crippen LogP contribution in [-0.4, -0.2) is 18.3 Å². The van der Waals surface area contributed by atoms with Crippen molar-refractivity contribution in [3.63, 3.8) is 0 Å². The van der Waals surface area contributed by atoms with E-state index in [1.54, 1.807) is 0 Å². The maximum absolute atomic E-state index is 6.09. The molecule has 0 aliphatic carbocycles. The summed E-state index contributed by atoms with van der Waals surface area (Å²) in [6.45, 7) is 12.5. The van der Waals surface area contributed by atoms with E-state index in [2.05, 4.69) is 155 Å². The summed E-state index contributed by atoms with van der Waals surface area (Å²) in [4.78, 5) is 0. The van der Waals surface area contributed by atoms with Crippen LogP contribution < -0.4 is 5.46 Å². The first-order valence-corrected chi connectivity index (χ1v) is 13.2. The molecule has 5 rings (SSSR count). The molecular weight excluding hydrogens is 507 g/mol. The average molecular weight is 541 g/mol. The maximum Gasteiger partial charge on any atom is 0.494 e. The monoisotopic (exact) mass is 540 g/mol. The van der Waals surface area contributed by atoms with Crippen LogP contribution in [0, 0.1) is 13.8 Å². The average Bonchev–Trinajstić information content (AvgIpc) is 3.08. The Labute approximate surface area is 225 Å². The molecule has 1 fully saturated rings. The largest absolute Gasteiger partial charge is 0.494 e. The molecule has 0 unspecified atom stereocenters. The van der Waals surface area contributed by atoms with Crippen LogP contribution in [0.15, 0.2) is 102 Å². The lowest BCUT2D eigenvalue weighted by Crippen LogP contribution is -2.41. The Balaban J connectivity index is 0.000000187. The number of hydrogen-bond acceptors (Lipinski definition) is 2. The van der Waals surface area contributed by atoms with Crippen LogP contribution in [-0.2, 0) is 9.31 Å². The first-order valence-electron chi connectivity index (χ1n) is 12.4. The Kier molecular flexibility index (Phi) is 7.89. The minimum atomic E-state index is -0.298. The van der Waals surface area contributed by atoms with E-state index in [4.69, 9.17) is 9.31 Å². The van der Waals surface area contributed by atoms with Crippen molar-refractivity contribution in [2.75, 3.05) is 0 Å². The van der Waals surface area contributed by atoms with Gasteiger partial charge in [0.05, 0.1) is 11.2 Å². The molecule has 1 aliphatic heterocycles. The van der Waals surface area contributed by atoms with Gasteiger partial charge in [-0.25, -0.2) is 0 Å². The van der Waals surface area contributed by atoms with Crippen molar-refractivity contribution < 1.29 is 9.31 Å². The molecule has 2 nitrogen and oxygen atoms in total. The second-order valence-electron chi connectivity index (χ2n) is 10.4. The zero-order chi connectivity index (χ0) is 25.9. The van der Waals surface area contributed by atoms with Gasteiger partial charge in [0.1, 0.15) is 0 Å². The molecule has 1 aliphatic rings. The summed E-state index contributed by atoms with van der Waals surface area (Å²) in [5, 5.41) is 0. The third-order valence-electron chi connectivity index (χ3n) is 7.05. The summed E-state index contributed by atoms with van der Waals surface area (Å²) >= 11 is 3.43. The van der Waals surface area contributed by atoms with Crippen LogP contribution in [0.3, 0.4) is 0 Å². The summed E-state index contributed by atoms with van der Waals surface area (Å²) in [7, 11) is -0.294. The van der Waals surface area contributed by atoms with Gasteiger partial charge in [-0.15, -0.1) is 0 Å². The molecular formula is C32H34BBrO2. The van der Waals surface area contributed by atoms with Crippen LogP contribution in [0.25, 0.3) is 22.3 Å².